The second kappa shape index (κ2) is 4.29. The van der Waals surface area contributed by atoms with Gasteiger partial charge >= 0.3 is 0 Å². The summed E-state index contributed by atoms with van der Waals surface area (Å²) in [4.78, 5) is 8.74. The highest BCUT2D eigenvalue weighted by atomic mass is 15.3. The van der Waals surface area contributed by atoms with Crippen LogP contribution in [0, 0.1) is 0 Å². The molecular formula is C12H16N6. The van der Waals surface area contributed by atoms with Crippen molar-refractivity contribution in [3.8, 4) is 0 Å². The number of nitrogens with zero attached hydrogens (tertiary/aromatic N) is 4. The van der Waals surface area contributed by atoms with Gasteiger partial charge in [0, 0.05) is 25.2 Å². The van der Waals surface area contributed by atoms with Crippen molar-refractivity contribution >= 4 is 11.6 Å². The average Bonchev–Trinajstić information content (AvgIpc) is 3.10. The quantitative estimate of drug-likeness (QED) is 0.846. The maximum Gasteiger partial charge on any atom is 0.136 e. The molecule has 0 saturated heterocycles. The minimum absolute atomic E-state index is 0.504. The van der Waals surface area contributed by atoms with Crippen LogP contribution >= 0.6 is 0 Å². The summed E-state index contributed by atoms with van der Waals surface area (Å²) >= 11 is 0. The van der Waals surface area contributed by atoms with Crippen LogP contribution in [0.15, 0.2) is 18.3 Å². The Morgan fingerprint density at radius 3 is 2.94 bits per heavy atom. The van der Waals surface area contributed by atoms with Gasteiger partial charge in [0.2, 0.25) is 0 Å². The predicted octanol–water partition coefficient (Wildman–Crippen LogP) is 1.28. The van der Waals surface area contributed by atoms with Crippen molar-refractivity contribution in [3.63, 3.8) is 0 Å². The number of anilines is 2. The third kappa shape index (κ3) is 2.42. The van der Waals surface area contributed by atoms with E-state index in [0.29, 0.717) is 18.3 Å². The molecule has 6 nitrogen and oxygen atoms in total. The lowest BCUT2D eigenvalue weighted by Gasteiger charge is -2.06. The van der Waals surface area contributed by atoms with E-state index in [2.05, 4.69) is 20.4 Å². The summed E-state index contributed by atoms with van der Waals surface area (Å²) < 4.78 is 1.78. The van der Waals surface area contributed by atoms with Gasteiger partial charge in [-0.15, -0.1) is 0 Å². The minimum atomic E-state index is 0.504. The van der Waals surface area contributed by atoms with Crippen molar-refractivity contribution in [2.75, 3.05) is 11.1 Å². The number of rotatable bonds is 4. The molecule has 0 unspecified atom stereocenters. The second-order valence-corrected chi connectivity index (χ2v) is 4.64. The summed E-state index contributed by atoms with van der Waals surface area (Å²) in [6.45, 7) is 0.640. The number of aryl methyl sites for hydroxylation is 1. The molecule has 0 atom stereocenters. The standard InChI is InChI=1S/C12H16N6/c1-18-5-4-9(17-18)7-14-11-6-10(13)15-12(16-11)8-2-3-8/h4-6,8H,2-3,7H2,1H3,(H3,13,14,15,16). The minimum Gasteiger partial charge on any atom is -0.384 e. The van der Waals surface area contributed by atoms with Gasteiger partial charge in [0.15, 0.2) is 0 Å². The summed E-state index contributed by atoms with van der Waals surface area (Å²) in [5, 5.41) is 7.53. The summed E-state index contributed by atoms with van der Waals surface area (Å²) in [5.74, 6) is 2.66. The van der Waals surface area contributed by atoms with Gasteiger partial charge < -0.3 is 11.1 Å². The lowest BCUT2D eigenvalue weighted by molar-refractivity contribution is 0.746. The van der Waals surface area contributed by atoms with Crippen LogP contribution in [0.1, 0.15) is 30.3 Å². The number of nitrogen functional groups attached to an aromatic ring is 1. The van der Waals surface area contributed by atoms with E-state index in [0.717, 1.165) is 17.3 Å². The van der Waals surface area contributed by atoms with Gasteiger partial charge in [0.05, 0.1) is 12.2 Å². The summed E-state index contributed by atoms with van der Waals surface area (Å²) in [7, 11) is 1.90. The molecule has 0 radical (unpaired) electrons. The molecule has 1 fully saturated rings. The molecule has 3 rings (SSSR count). The SMILES string of the molecule is Cn1ccc(CNc2cc(N)nc(C3CC3)n2)n1. The van der Waals surface area contributed by atoms with Gasteiger partial charge in [-0.3, -0.25) is 4.68 Å². The van der Waals surface area contributed by atoms with Crippen LogP contribution in [-0.2, 0) is 13.6 Å². The second-order valence-electron chi connectivity index (χ2n) is 4.64. The molecule has 2 heterocycles. The normalized spacial score (nSPS) is 14.7. The summed E-state index contributed by atoms with van der Waals surface area (Å²) in [5.41, 5.74) is 6.76. The fraction of sp³-hybridized carbons (Fsp3) is 0.417. The molecule has 1 saturated carbocycles. The first-order valence-electron chi connectivity index (χ1n) is 6.07. The third-order valence-corrected chi connectivity index (χ3v) is 2.93. The molecule has 1 aliphatic rings. The van der Waals surface area contributed by atoms with Gasteiger partial charge in [-0.25, -0.2) is 9.97 Å². The van der Waals surface area contributed by atoms with Crippen molar-refractivity contribution in [3.05, 3.63) is 29.8 Å². The number of nitrogens with two attached hydrogens (primary N) is 1. The van der Waals surface area contributed by atoms with Crippen molar-refractivity contribution in [1.82, 2.24) is 19.7 Å². The molecule has 18 heavy (non-hydrogen) atoms. The van der Waals surface area contributed by atoms with Gasteiger partial charge in [0.25, 0.3) is 0 Å². The van der Waals surface area contributed by atoms with E-state index in [1.54, 1.807) is 10.7 Å². The third-order valence-electron chi connectivity index (χ3n) is 2.93. The van der Waals surface area contributed by atoms with E-state index in [1.807, 2.05) is 19.3 Å². The molecule has 0 spiro atoms. The lowest BCUT2D eigenvalue weighted by Crippen LogP contribution is -2.06. The molecule has 0 aliphatic heterocycles. The average molecular weight is 244 g/mol. The van der Waals surface area contributed by atoms with Gasteiger partial charge in [-0.05, 0) is 18.9 Å². The van der Waals surface area contributed by atoms with Gasteiger partial charge in [0.1, 0.15) is 17.5 Å². The zero-order valence-corrected chi connectivity index (χ0v) is 10.3. The van der Waals surface area contributed by atoms with Crippen LogP contribution in [0.3, 0.4) is 0 Å². The van der Waals surface area contributed by atoms with E-state index in [1.165, 1.54) is 12.8 Å². The Morgan fingerprint density at radius 2 is 2.28 bits per heavy atom. The highest BCUT2D eigenvalue weighted by Gasteiger charge is 2.27. The van der Waals surface area contributed by atoms with E-state index >= 15 is 0 Å². The Balaban J connectivity index is 1.71. The molecule has 94 valence electrons. The Labute approximate surface area is 105 Å². The number of hydrogen-bond donors (Lipinski definition) is 2. The molecule has 6 heteroatoms. The molecule has 0 aromatic carbocycles. The summed E-state index contributed by atoms with van der Waals surface area (Å²) in [6.07, 6.45) is 4.26. The first kappa shape index (κ1) is 11.0. The molecule has 2 aromatic rings. The van der Waals surface area contributed by atoms with Gasteiger partial charge in [-0.2, -0.15) is 5.10 Å². The topological polar surface area (TPSA) is 81.7 Å². The summed E-state index contributed by atoms with van der Waals surface area (Å²) in [6, 6.07) is 3.73. The van der Waals surface area contributed by atoms with Gasteiger partial charge in [-0.1, -0.05) is 0 Å². The smallest absolute Gasteiger partial charge is 0.136 e. The van der Waals surface area contributed by atoms with Crippen LogP contribution in [0.5, 0.6) is 0 Å². The van der Waals surface area contributed by atoms with Crippen LogP contribution in [0.4, 0.5) is 11.6 Å². The molecule has 3 N–H and O–H groups in total. The van der Waals surface area contributed by atoms with Crippen LogP contribution in [0.25, 0.3) is 0 Å². The van der Waals surface area contributed by atoms with Crippen molar-refractivity contribution < 1.29 is 0 Å². The van der Waals surface area contributed by atoms with E-state index in [4.69, 9.17) is 5.73 Å². The fourth-order valence-corrected chi connectivity index (χ4v) is 1.84. The van der Waals surface area contributed by atoms with Crippen LogP contribution in [-0.4, -0.2) is 19.7 Å². The molecule has 1 aliphatic carbocycles. The maximum absolute atomic E-state index is 5.79. The Kier molecular flexibility index (Phi) is 2.62. The van der Waals surface area contributed by atoms with E-state index < -0.39 is 0 Å². The zero-order valence-electron chi connectivity index (χ0n) is 10.3. The van der Waals surface area contributed by atoms with Crippen molar-refractivity contribution in [2.45, 2.75) is 25.3 Å². The largest absolute Gasteiger partial charge is 0.384 e. The molecule has 0 amide bonds. The Hall–Kier alpha value is -2.11. The van der Waals surface area contributed by atoms with E-state index in [9.17, 15) is 0 Å². The zero-order chi connectivity index (χ0) is 12.5. The number of nitrogens with one attached hydrogen (secondary N) is 1. The first-order valence-corrected chi connectivity index (χ1v) is 6.07. The molecule has 2 aromatic heterocycles. The van der Waals surface area contributed by atoms with Crippen LogP contribution in [0.2, 0.25) is 0 Å². The van der Waals surface area contributed by atoms with E-state index in [-0.39, 0.29) is 0 Å². The highest BCUT2D eigenvalue weighted by Crippen LogP contribution is 2.38. The first-order chi connectivity index (χ1) is 8.70. The number of aromatic nitrogens is 4. The monoisotopic (exact) mass is 244 g/mol. The maximum atomic E-state index is 5.79. The lowest BCUT2D eigenvalue weighted by atomic mass is 10.3. The van der Waals surface area contributed by atoms with Crippen molar-refractivity contribution in [1.29, 1.82) is 0 Å². The fourth-order valence-electron chi connectivity index (χ4n) is 1.84. The highest BCUT2D eigenvalue weighted by molar-refractivity contribution is 5.45. The molecule has 0 bridgehead atoms. The Morgan fingerprint density at radius 1 is 1.44 bits per heavy atom. The van der Waals surface area contributed by atoms with Crippen molar-refractivity contribution in [2.24, 2.45) is 7.05 Å². The molecular weight excluding hydrogens is 228 g/mol. The number of hydrogen-bond acceptors (Lipinski definition) is 5. The van der Waals surface area contributed by atoms with Crippen LogP contribution < -0.4 is 11.1 Å². The predicted molar refractivity (Wildman–Crippen MR) is 69.0 cm³/mol. The Bertz CT molecular complexity index is 557.